The number of fused-ring (bicyclic) bond motifs is 1. The Hall–Kier alpha value is -2.23. The minimum Gasteiger partial charge on any atom is -0.464 e. The van der Waals surface area contributed by atoms with Crippen molar-refractivity contribution in [2.45, 2.75) is 51.4 Å². The van der Waals surface area contributed by atoms with Crippen LogP contribution in [0, 0.1) is 11.8 Å². The van der Waals surface area contributed by atoms with Crippen molar-refractivity contribution in [2.24, 2.45) is 11.8 Å². The first-order chi connectivity index (χ1) is 12.6. The van der Waals surface area contributed by atoms with Gasteiger partial charge in [0.1, 0.15) is 12.6 Å². The summed E-state index contributed by atoms with van der Waals surface area (Å²) in [5, 5.41) is 13.7. The van der Waals surface area contributed by atoms with Crippen LogP contribution in [0.1, 0.15) is 38.4 Å². The number of nitrogens with one attached hydrogen (secondary N) is 1. The summed E-state index contributed by atoms with van der Waals surface area (Å²) in [6.45, 7) is 2.87. The van der Waals surface area contributed by atoms with Crippen molar-refractivity contribution in [2.75, 3.05) is 20.3 Å². The molecule has 3 rings (SSSR count). The molecule has 0 unspecified atom stereocenters. The van der Waals surface area contributed by atoms with Crippen LogP contribution in [-0.4, -0.2) is 70.0 Å². The Morgan fingerprint density at radius 2 is 2.12 bits per heavy atom. The van der Waals surface area contributed by atoms with Gasteiger partial charge in [0.2, 0.25) is 0 Å². The van der Waals surface area contributed by atoms with Crippen molar-refractivity contribution in [1.82, 2.24) is 25.5 Å². The maximum absolute atomic E-state index is 12.3. The van der Waals surface area contributed by atoms with Gasteiger partial charge in [0, 0.05) is 6.54 Å². The molecule has 2 heterocycles. The molecule has 2 fully saturated rings. The van der Waals surface area contributed by atoms with E-state index in [2.05, 4.69) is 20.6 Å². The average Bonchev–Trinajstić information content (AvgIpc) is 3.18. The SMILES string of the molecule is CCOC(=O)[C@@H]1C[C@H]2C[C@@H](OCc3nn[nH]n3)CC[C@H]2CN1C(=O)OC. The van der Waals surface area contributed by atoms with Crippen LogP contribution >= 0.6 is 0 Å². The zero-order chi connectivity index (χ0) is 18.5. The van der Waals surface area contributed by atoms with E-state index in [0.717, 1.165) is 19.3 Å². The lowest BCUT2D eigenvalue weighted by Gasteiger charge is -2.45. The molecule has 10 heteroatoms. The molecule has 1 aromatic rings. The molecule has 1 amide bonds. The molecule has 144 valence electrons. The Morgan fingerprint density at radius 3 is 2.81 bits per heavy atom. The Morgan fingerprint density at radius 1 is 1.27 bits per heavy atom. The third kappa shape index (κ3) is 4.12. The molecule has 10 nitrogen and oxygen atoms in total. The Balaban J connectivity index is 1.62. The number of aromatic amines is 1. The van der Waals surface area contributed by atoms with Gasteiger partial charge in [-0.1, -0.05) is 5.21 Å². The van der Waals surface area contributed by atoms with E-state index in [0.29, 0.717) is 37.2 Å². The predicted octanol–water partition coefficient (Wildman–Crippen LogP) is 0.905. The first-order valence-corrected chi connectivity index (χ1v) is 8.97. The van der Waals surface area contributed by atoms with Gasteiger partial charge in [-0.2, -0.15) is 5.21 Å². The van der Waals surface area contributed by atoms with Crippen LogP contribution in [-0.2, 0) is 25.6 Å². The lowest BCUT2D eigenvalue weighted by molar-refractivity contribution is -0.153. The number of rotatable bonds is 5. The van der Waals surface area contributed by atoms with Crippen molar-refractivity contribution in [3.63, 3.8) is 0 Å². The average molecular weight is 367 g/mol. The summed E-state index contributed by atoms with van der Waals surface area (Å²) in [7, 11) is 1.33. The van der Waals surface area contributed by atoms with Crippen LogP contribution in [0.25, 0.3) is 0 Å². The van der Waals surface area contributed by atoms with Crippen LogP contribution in [0.5, 0.6) is 0 Å². The largest absolute Gasteiger partial charge is 0.464 e. The van der Waals surface area contributed by atoms with Crippen LogP contribution < -0.4 is 0 Å². The van der Waals surface area contributed by atoms with E-state index in [1.54, 1.807) is 6.92 Å². The van der Waals surface area contributed by atoms with E-state index >= 15 is 0 Å². The molecule has 0 radical (unpaired) electrons. The van der Waals surface area contributed by atoms with Crippen molar-refractivity contribution in [3.05, 3.63) is 5.82 Å². The second-order valence-electron chi connectivity index (χ2n) is 6.72. The number of piperidine rings is 1. The summed E-state index contributed by atoms with van der Waals surface area (Å²) < 4.78 is 15.9. The number of esters is 1. The third-order valence-corrected chi connectivity index (χ3v) is 5.23. The van der Waals surface area contributed by atoms with Gasteiger partial charge in [-0.05, 0) is 44.4 Å². The minimum absolute atomic E-state index is 0.0854. The molecule has 1 aliphatic heterocycles. The van der Waals surface area contributed by atoms with Crippen LogP contribution in [0.2, 0.25) is 0 Å². The Kier molecular flexibility index (Phi) is 6.02. The number of H-pyrrole nitrogens is 1. The molecule has 1 N–H and O–H groups in total. The van der Waals surface area contributed by atoms with Gasteiger partial charge in [-0.25, -0.2) is 9.59 Å². The van der Waals surface area contributed by atoms with Crippen LogP contribution in [0.3, 0.4) is 0 Å². The van der Waals surface area contributed by atoms with Crippen molar-refractivity contribution in [1.29, 1.82) is 0 Å². The van der Waals surface area contributed by atoms with Gasteiger partial charge >= 0.3 is 12.1 Å². The van der Waals surface area contributed by atoms with Gasteiger partial charge in [0.15, 0.2) is 5.82 Å². The van der Waals surface area contributed by atoms with Crippen molar-refractivity contribution in [3.8, 4) is 0 Å². The molecular weight excluding hydrogens is 342 g/mol. The lowest BCUT2D eigenvalue weighted by Crippen LogP contribution is -2.55. The summed E-state index contributed by atoms with van der Waals surface area (Å²) in [5.41, 5.74) is 0. The fourth-order valence-corrected chi connectivity index (χ4v) is 3.97. The third-order valence-electron chi connectivity index (χ3n) is 5.23. The quantitative estimate of drug-likeness (QED) is 0.763. The first-order valence-electron chi connectivity index (χ1n) is 8.97. The van der Waals surface area contributed by atoms with Crippen LogP contribution in [0.4, 0.5) is 4.79 Å². The van der Waals surface area contributed by atoms with Crippen LogP contribution in [0.15, 0.2) is 0 Å². The number of hydrogen-bond acceptors (Lipinski definition) is 8. The maximum atomic E-state index is 12.3. The van der Waals surface area contributed by atoms with E-state index in [-0.39, 0.29) is 18.7 Å². The van der Waals surface area contributed by atoms with Gasteiger partial charge < -0.3 is 14.2 Å². The molecular formula is C16H25N5O5. The molecule has 1 saturated heterocycles. The summed E-state index contributed by atoms with van der Waals surface area (Å²) in [6, 6.07) is -0.598. The molecule has 1 saturated carbocycles. The number of likely N-dealkylation sites (tertiary alicyclic amines) is 1. The van der Waals surface area contributed by atoms with E-state index in [1.165, 1.54) is 12.0 Å². The summed E-state index contributed by atoms with van der Waals surface area (Å²) in [6.07, 6.45) is 2.86. The molecule has 1 aliphatic carbocycles. The number of ether oxygens (including phenoxy) is 3. The lowest BCUT2D eigenvalue weighted by atomic mass is 9.72. The molecule has 0 bridgehead atoms. The van der Waals surface area contributed by atoms with Crippen molar-refractivity contribution >= 4 is 12.1 Å². The summed E-state index contributed by atoms with van der Waals surface area (Å²) in [4.78, 5) is 26.0. The van der Waals surface area contributed by atoms with Gasteiger partial charge in [0.05, 0.1) is 19.8 Å². The molecule has 0 spiro atoms. The Labute approximate surface area is 151 Å². The fraction of sp³-hybridized carbons (Fsp3) is 0.812. The van der Waals surface area contributed by atoms with E-state index in [4.69, 9.17) is 14.2 Å². The number of nitrogens with zero attached hydrogens (tertiary/aromatic N) is 4. The Bertz CT molecular complexity index is 610. The van der Waals surface area contributed by atoms with Gasteiger partial charge in [-0.15, -0.1) is 10.2 Å². The van der Waals surface area contributed by atoms with E-state index in [1.807, 2.05) is 0 Å². The first kappa shape index (κ1) is 18.6. The van der Waals surface area contributed by atoms with E-state index in [9.17, 15) is 9.59 Å². The zero-order valence-electron chi connectivity index (χ0n) is 15.1. The minimum atomic E-state index is -0.598. The number of methoxy groups -OCH3 is 1. The molecule has 1 aromatic heterocycles. The predicted molar refractivity (Wildman–Crippen MR) is 87.7 cm³/mol. The molecule has 0 aromatic carbocycles. The monoisotopic (exact) mass is 367 g/mol. The normalized spacial score (nSPS) is 28.3. The number of carbonyl (C=O) groups excluding carboxylic acids is 2. The number of carbonyl (C=O) groups is 2. The topological polar surface area (TPSA) is 120 Å². The van der Waals surface area contributed by atoms with Gasteiger partial charge in [0.25, 0.3) is 0 Å². The number of aromatic nitrogens is 4. The maximum Gasteiger partial charge on any atom is 0.410 e. The zero-order valence-corrected chi connectivity index (χ0v) is 15.1. The van der Waals surface area contributed by atoms with Gasteiger partial charge in [-0.3, -0.25) is 4.90 Å². The molecule has 2 aliphatic rings. The second-order valence-corrected chi connectivity index (χ2v) is 6.72. The molecule has 4 atom stereocenters. The van der Waals surface area contributed by atoms with Crippen molar-refractivity contribution < 1.29 is 23.8 Å². The highest BCUT2D eigenvalue weighted by atomic mass is 16.6. The van der Waals surface area contributed by atoms with E-state index < -0.39 is 12.1 Å². The fourth-order valence-electron chi connectivity index (χ4n) is 3.97. The highest BCUT2D eigenvalue weighted by molar-refractivity contribution is 5.81. The molecule has 26 heavy (non-hydrogen) atoms. The second kappa shape index (κ2) is 8.43. The number of amides is 1. The smallest absolute Gasteiger partial charge is 0.410 e. The standard InChI is InChI=1S/C16H25N5O5/c1-3-25-15(22)13-7-11-6-12(26-9-14-17-19-20-18-14)5-4-10(11)8-21(13)16(23)24-2/h10-13H,3-9H2,1-2H3,(H,17,18,19,20)/t10-,11+,12-,13-/m0/s1. The highest BCUT2D eigenvalue weighted by Crippen LogP contribution is 2.40. The number of tetrazole rings is 1. The number of hydrogen-bond donors (Lipinski definition) is 1. The summed E-state index contributed by atoms with van der Waals surface area (Å²) in [5.74, 6) is 0.794. The highest BCUT2D eigenvalue weighted by Gasteiger charge is 2.44. The summed E-state index contributed by atoms with van der Waals surface area (Å²) >= 11 is 0.